The van der Waals surface area contributed by atoms with Crippen LogP contribution in [0.2, 0.25) is 5.02 Å². The molecule has 0 spiro atoms. The number of hydrogen-bond acceptors (Lipinski definition) is 2. The third-order valence-electron chi connectivity index (χ3n) is 2.85. The molecular formula is C15H6ClF3N2. The van der Waals surface area contributed by atoms with E-state index >= 15 is 0 Å². The Labute approximate surface area is 123 Å². The van der Waals surface area contributed by atoms with Gasteiger partial charge in [-0.25, -0.2) is 0 Å². The Kier molecular flexibility index (Phi) is 3.88. The van der Waals surface area contributed by atoms with Crippen LogP contribution in [0, 0.1) is 22.7 Å². The van der Waals surface area contributed by atoms with Crippen LogP contribution in [-0.4, -0.2) is 0 Å². The summed E-state index contributed by atoms with van der Waals surface area (Å²) in [5.74, 6) is 0. The van der Waals surface area contributed by atoms with Gasteiger partial charge in [-0.05, 0) is 29.8 Å². The highest BCUT2D eigenvalue weighted by Crippen LogP contribution is 2.36. The first-order valence-corrected chi connectivity index (χ1v) is 6.06. The van der Waals surface area contributed by atoms with E-state index in [1.165, 1.54) is 30.3 Å². The summed E-state index contributed by atoms with van der Waals surface area (Å²) in [5, 5.41) is 17.7. The van der Waals surface area contributed by atoms with Gasteiger partial charge in [-0.2, -0.15) is 23.7 Å². The zero-order chi connectivity index (χ0) is 15.6. The average Bonchev–Trinajstić information content (AvgIpc) is 2.45. The van der Waals surface area contributed by atoms with E-state index in [1.54, 1.807) is 0 Å². The Bertz CT molecular complexity index is 783. The van der Waals surface area contributed by atoms with Gasteiger partial charge in [0.2, 0.25) is 0 Å². The SMILES string of the molecule is N#Cc1ccc(-c2ccc(C#N)c(C(F)(F)F)c2)c(Cl)c1. The van der Waals surface area contributed by atoms with Gasteiger partial charge in [0, 0.05) is 10.6 Å². The zero-order valence-corrected chi connectivity index (χ0v) is 11.1. The Morgan fingerprint density at radius 1 is 0.952 bits per heavy atom. The van der Waals surface area contributed by atoms with Gasteiger partial charge in [-0.15, -0.1) is 0 Å². The molecule has 0 aliphatic heterocycles. The second-order valence-electron chi connectivity index (χ2n) is 4.18. The minimum atomic E-state index is -4.62. The summed E-state index contributed by atoms with van der Waals surface area (Å²) in [7, 11) is 0. The fourth-order valence-electron chi connectivity index (χ4n) is 1.86. The summed E-state index contributed by atoms with van der Waals surface area (Å²) < 4.78 is 38.8. The third-order valence-corrected chi connectivity index (χ3v) is 3.17. The quantitative estimate of drug-likeness (QED) is 0.762. The minimum Gasteiger partial charge on any atom is -0.192 e. The molecule has 0 aliphatic carbocycles. The predicted molar refractivity (Wildman–Crippen MR) is 71.3 cm³/mol. The van der Waals surface area contributed by atoms with Gasteiger partial charge in [-0.3, -0.25) is 0 Å². The van der Waals surface area contributed by atoms with Gasteiger partial charge in [0.15, 0.2) is 0 Å². The first-order chi connectivity index (χ1) is 9.86. The lowest BCUT2D eigenvalue weighted by molar-refractivity contribution is -0.137. The summed E-state index contributed by atoms with van der Waals surface area (Å²) >= 11 is 5.99. The van der Waals surface area contributed by atoms with E-state index in [9.17, 15) is 13.2 Å². The van der Waals surface area contributed by atoms with Crippen molar-refractivity contribution in [1.29, 1.82) is 10.5 Å². The summed E-state index contributed by atoms with van der Waals surface area (Å²) in [5.41, 5.74) is -0.547. The van der Waals surface area contributed by atoms with E-state index in [-0.39, 0.29) is 10.6 Å². The number of rotatable bonds is 1. The van der Waals surface area contributed by atoms with Crippen molar-refractivity contribution in [2.24, 2.45) is 0 Å². The Hall–Kier alpha value is -2.50. The highest BCUT2D eigenvalue weighted by atomic mass is 35.5. The number of halogens is 4. The highest BCUT2D eigenvalue weighted by Gasteiger charge is 2.34. The van der Waals surface area contributed by atoms with Crippen LogP contribution in [0.25, 0.3) is 11.1 Å². The fourth-order valence-corrected chi connectivity index (χ4v) is 2.15. The normalized spacial score (nSPS) is 10.8. The van der Waals surface area contributed by atoms with Crippen molar-refractivity contribution in [2.75, 3.05) is 0 Å². The third kappa shape index (κ3) is 2.99. The molecule has 0 bridgehead atoms. The molecule has 2 nitrogen and oxygen atoms in total. The van der Waals surface area contributed by atoms with Crippen molar-refractivity contribution >= 4 is 11.6 Å². The Morgan fingerprint density at radius 2 is 1.67 bits per heavy atom. The van der Waals surface area contributed by atoms with E-state index in [0.29, 0.717) is 11.1 Å². The van der Waals surface area contributed by atoms with Gasteiger partial charge < -0.3 is 0 Å². The average molecular weight is 307 g/mol. The van der Waals surface area contributed by atoms with Crippen LogP contribution in [0.3, 0.4) is 0 Å². The second-order valence-corrected chi connectivity index (χ2v) is 4.58. The topological polar surface area (TPSA) is 47.6 Å². The maximum atomic E-state index is 12.9. The van der Waals surface area contributed by atoms with Crippen LogP contribution in [0.5, 0.6) is 0 Å². The summed E-state index contributed by atoms with van der Waals surface area (Å²) in [6, 6.07) is 11.1. The lowest BCUT2D eigenvalue weighted by Crippen LogP contribution is -2.08. The number of alkyl halides is 3. The van der Waals surface area contributed by atoms with Crippen molar-refractivity contribution in [1.82, 2.24) is 0 Å². The highest BCUT2D eigenvalue weighted by molar-refractivity contribution is 6.33. The number of hydrogen-bond donors (Lipinski definition) is 0. The minimum absolute atomic E-state index is 0.173. The standard InChI is InChI=1S/C15H6ClF3N2/c16-14-5-9(7-20)1-4-12(14)10-2-3-11(8-21)13(6-10)15(17,18)19/h1-6H. The number of benzene rings is 2. The van der Waals surface area contributed by atoms with Gasteiger partial charge in [0.05, 0.1) is 28.8 Å². The Morgan fingerprint density at radius 3 is 2.19 bits per heavy atom. The van der Waals surface area contributed by atoms with Crippen LogP contribution in [0.1, 0.15) is 16.7 Å². The number of nitrogens with zero attached hydrogens (tertiary/aromatic N) is 2. The predicted octanol–water partition coefficient (Wildman–Crippen LogP) is 4.77. The van der Waals surface area contributed by atoms with Crippen LogP contribution >= 0.6 is 11.6 Å². The Balaban J connectivity index is 2.62. The van der Waals surface area contributed by atoms with Crippen LogP contribution in [-0.2, 0) is 6.18 Å². The molecule has 0 saturated carbocycles. The summed E-state index contributed by atoms with van der Waals surface area (Å²) in [6.45, 7) is 0. The molecule has 2 aromatic rings. The molecule has 0 aliphatic rings. The summed E-state index contributed by atoms with van der Waals surface area (Å²) in [6.07, 6.45) is -4.62. The summed E-state index contributed by atoms with van der Waals surface area (Å²) in [4.78, 5) is 0. The van der Waals surface area contributed by atoms with Gasteiger partial charge in [0.25, 0.3) is 0 Å². The van der Waals surface area contributed by atoms with Crippen molar-refractivity contribution in [3.05, 3.63) is 58.1 Å². The molecule has 2 aromatic carbocycles. The molecule has 0 radical (unpaired) electrons. The van der Waals surface area contributed by atoms with Gasteiger partial charge in [0.1, 0.15) is 0 Å². The molecule has 2 rings (SSSR count). The van der Waals surface area contributed by atoms with Crippen LogP contribution in [0.4, 0.5) is 13.2 Å². The van der Waals surface area contributed by atoms with Gasteiger partial charge >= 0.3 is 6.18 Å². The molecule has 0 aromatic heterocycles. The van der Waals surface area contributed by atoms with Crippen molar-refractivity contribution < 1.29 is 13.2 Å². The zero-order valence-electron chi connectivity index (χ0n) is 10.4. The van der Waals surface area contributed by atoms with E-state index in [0.717, 1.165) is 12.1 Å². The largest absolute Gasteiger partial charge is 0.417 e. The van der Waals surface area contributed by atoms with E-state index in [2.05, 4.69) is 0 Å². The van der Waals surface area contributed by atoms with Crippen LogP contribution < -0.4 is 0 Å². The van der Waals surface area contributed by atoms with E-state index in [1.807, 2.05) is 6.07 Å². The second kappa shape index (κ2) is 5.47. The maximum Gasteiger partial charge on any atom is 0.417 e. The first kappa shape index (κ1) is 14.9. The molecule has 21 heavy (non-hydrogen) atoms. The lowest BCUT2D eigenvalue weighted by atomic mass is 9.98. The lowest BCUT2D eigenvalue weighted by Gasteiger charge is -2.12. The van der Waals surface area contributed by atoms with Crippen LogP contribution in [0.15, 0.2) is 36.4 Å². The molecular weight excluding hydrogens is 301 g/mol. The maximum absolute atomic E-state index is 12.9. The molecule has 0 unspecified atom stereocenters. The first-order valence-electron chi connectivity index (χ1n) is 5.68. The molecule has 0 atom stereocenters. The number of nitriles is 2. The van der Waals surface area contributed by atoms with Crippen molar-refractivity contribution in [3.63, 3.8) is 0 Å². The smallest absolute Gasteiger partial charge is 0.192 e. The molecule has 0 saturated heterocycles. The fraction of sp³-hybridized carbons (Fsp3) is 0.0667. The molecule has 6 heteroatoms. The van der Waals surface area contributed by atoms with Crippen molar-refractivity contribution in [2.45, 2.75) is 6.18 Å². The van der Waals surface area contributed by atoms with E-state index in [4.69, 9.17) is 22.1 Å². The molecule has 104 valence electrons. The van der Waals surface area contributed by atoms with E-state index < -0.39 is 17.3 Å². The molecule has 0 N–H and O–H groups in total. The molecule has 0 heterocycles. The molecule has 0 fully saturated rings. The van der Waals surface area contributed by atoms with Crippen molar-refractivity contribution in [3.8, 4) is 23.3 Å². The van der Waals surface area contributed by atoms with Gasteiger partial charge in [-0.1, -0.05) is 23.7 Å². The monoisotopic (exact) mass is 306 g/mol. The molecule has 0 amide bonds.